The monoisotopic (exact) mass is 371 g/mol. The molecule has 2 rings (SSSR count). The number of ether oxygens (including phenoxy) is 1. The Morgan fingerprint density at radius 2 is 2.17 bits per heavy atom. The zero-order valence-electron chi connectivity index (χ0n) is 13.4. The maximum Gasteiger partial charge on any atom is 0.378 e. The van der Waals surface area contributed by atoms with Crippen molar-refractivity contribution in [2.75, 3.05) is 6.61 Å². The lowest BCUT2D eigenvalue weighted by atomic mass is 10.0. The van der Waals surface area contributed by atoms with E-state index in [1.165, 1.54) is 11.0 Å². The van der Waals surface area contributed by atoms with Crippen LogP contribution >= 0.6 is 23.2 Å². The number of rotatable bonds is 7. The Morgan fingerprint density at radius 1 is 1.42 bits per heavy atom. The zero-order valence-corrected chi connectivity index (χ0v) is 15.0. The van der Waals surface area contributed by atoms with Crippen molar-refractivity contribution in [3.63, 3.8) is 0 Å². The van der Waals surface area contributed by atoms with Gasteiger partial charge in [0.2, 0.25) is 0 Å². The molecule has 1 aromatic carbocycles. The van der Waals surface area contributed by atoms with Crippen LogP contribution in [0.2, 0.25) is 10.0 Å². The highest BCUT2D eigenvalue weighted by Crippen LogP contribution is 2.28. The van der Waals surface area contributed by atoms with Crippen LogP contribution in [-0.2, 0) is 11.2 Å². The van der Waals surface area contributed by atoms with Gasteiger partial charge in [-0.2, -0.15) is 0 Å². The third kappa shape index (κ3) is 4.47. The molecule has 0 bridgehead atoms. The second-order valence-corrected chi connectivity index (χ2v) is 6.11. The molecule has 1 aromatic heterocycles. The number of benzene rings is 1. The van der Waals surface area contributed by atoms with Crippen LogP contribution in [0.15, 0.2) is 24.5 Å². The van der Waals surface area contributed by atoms with Crippen molar-refractivity contribution in [1.82, 2.24) is 14.8 Å². The quantitative estimate of drug-likeness (QED) is 0.755. The van der Waals surface area contributed by atoms with E-state index in [2.05, 4.69) is 10.1 Å². The van der Waals surface area contributed by atoms with Gasteiger partial charge in [0.25, 0.3) is 5.82 Å². The molecule has 1 N–H and O–H groups in total. The number of esters is 1. The zero-order chi connectivity index (χ0) is 17.7. The van der Waals surface area contributed by atoms with Crippen LogP contribution in [-0.4, -0.2) is 38.6 Å². The van der Waals surface area contributed by atoms with Crippen molar-refractivity contribution >= 4 is 29.2 Å². The van der Waals surface area contributed by atoms with Gasteiger partial charge in [-0.25, -0.2) is 14.5 Å². The summed E-state index contributed by atoms with van der Waals surface area (Å²) >= 11 is 12.2. The number of carbonyl (C=O) groups excluding carboxylic acids is 1. The Balaban J connectivity index is 2.12. The molecule has 0 aliphatic heterocycles. The predicted molar refractivity (Wildman–Crippen MR) is 91.5 cm³/mol. The van der Waals surface area contributed by atoms with Crippen LogP contribution in [0.4, 0.5) is 0 Å². The molecule has 2 unspecified atom stereocenters. The molecular formula is C16H19Cl2N3O3. The van der Waals surface area contributed by atoms with E-state index in [1.54, 1.807) is 19.9 Å². The van der Waals surface area contributed by atoms with Gasteiger partial charge in [-0.1, -0.05) is 35.3 Å². The van der Waals surface area contributed by atoms with Gasteiger partial charge < -0.3 is 9.84 Å². The molecule has 0 radical (unpaired) electrons. The van der Waals surface area contributed by atoms with Gasteiger partial charge >= 0.3 is 5.97 Å². The standard InChI is InChI=1S/C16H19Cl2N3O3/c1-3-24-16(23)15-19-9-21(20-15)13(10(2)22)8-7-11-5-4-6-12(17)14(11)18/h4-6,9-10,13,22H,3,7-8H2,1-2H3. The number of hydrogen-bond acceptors (Lipinski definition) is 5. The lowest BCUT2D eigenvalue weighted by Gasteiger charge is -2.20. The molecular weight excluding hydrogens is 353 g/mol. The Labute approximate surface area is 150 Å². The minimum Gasteiger partial charge on any atom is -0.460 e. The number of aryl methyl sites for hydroxylation is 1. The first-order valence-corrected chi connectivity index (χ1v) is 8.38. The molecule has 2 atom stereocenters. The fourth-order valence-corrected chi connectivity index (χ4v) is 2.78. The fourth-order valence-electron chi connectivity index (χ4n) is 2.36. The summed E-state index contributed by atoms with van der Waals surface area (Å²) < 4.78 is 6.35. The van der Waals surface area contributed by atoms with Crippen molar-refractivity contribution < 1.29 is 14.6 Å². The molecule has 0 spiro atoms. The lowest BCUT2D eigenvalue weighted by molar-refractivity contribution is 0.0509. The van der Waals surface area contributed by atoms with Gasteiger partial charge in [0.15, 0.2) is 0 Å². The average Bonchev–Trinajstić information content (AvgIpc) is 3.01. The van der Waals surface area contributed by atoms with E-state index < -0.39 is 12.1 Å². The van der Waals surface area contributed by atoms with Crippen molar-refractivity contribution in [2.24, 2.45) is 0 Å². The highest BCUT2D eigenvalue weighted by molar-refractivity contribution is 6.42. The summed E-state index contributed by atoms with van der Waals surface area (Å²) in [5, 5.41) is 15.2. The summed E-state index contributed by atoms with van der Waals surface area (Å²) in [5.41, 5.74) is 0.889. The van der Waals surface area contributed by atoms with Crippen molar-refractivity contribution in [3.8, 4) is 0 Å². The van der Waals surface area contributed by atoms with Crippen LogP contribution in [0.1, 0.15) is 42.5 Å². The maximum absolute atomic E-state index is 11.7. The van der Waals surface area contributed by atoms with Crippen LogP contribution in [0.3, 0.4) is 0 Å². The van der Waals surface area contributed by atoms with Crippen LogP contribution in [0.25, 0.3) is 0 Å². The molecule has 0 saturated heterocycles. The van der Waals surface area contributed by atoms with Crippen molar-refractivity contribution in [1.29, 1.82) is 0 Å². The second kappa shape index (κ2) is 8.46. The molecule has 0 saturated carbocycles. The van der Waals surface area contributed by atoms with E-state index in [0.717, 1.165) is 5.56 Å². The van der Waals surface area contributed by atoms with Crippen LogP contribution in [0.5, 0.6) is 0 Å². The Kier molecular flexibility index (Phi) is 6.60. The molecule has 130 valence electrons. The van der Waals surface area contributed by atoms with Crippen LogP contribution in [0, 0.1) is 0 Å². The number of hydrogen-bond donors (Lipinski definition) is 1. The van der Waals surface area contributed by atoms with Crippen LogP contribution < -0.4 is 0 Å². The summed E-state index contributed by atoms with van der Waals surface area (Å²) in [6.45, 7) is 3.62. The van der Waals surface area contributed by atoms with Gasteiger partial charge in [-0.3, -0.25) is 0 Å². The number of halogens is 2. The first kappa shape index (κ1) is 18.7. The molecule has 0 aliphatic rings. The second-order valence-electron chi connectivity index (χ2n) is 5.33. The Hall–Kier alpha value is -1.63. The number of aromatic nitrogens is 3. The average molecular weight is 372 g/mol. The van der Waals surface area contributed by atoms with E-state index in [0.29, 0.717) is 22.9 Å². The van der Waals surface area contributed by atoms with E-state index >= 15 is 0 Å². The van der Waals surface area contributed by atoms with Gasteiger partial charge in [0, 0.05) is 0 Å². The first-order valence-electron chi connectivity index (χ1n) is 7.63. The Morgan fingerprint density at radius 3 is 2.83 bits per heavy atom. The van der Waals surface area contributed by atoms with Gasteiger partial charge in [0.05, 0.1) is 28.8 Å². The number of aliphatic hydroxyl groups excluding tert-OH is 1. The highest BCUT2D eigenvalue weighted by atomic mass is 35.5. The van der Waals surface area contributed by atoms with E-state index in [4.69, 9.17) is 27.9 Å². The summed E-state index contributed by atoms with van der Waals surface area (Å²) in [4.78, 5) is 15.6. The molecule has 2 aromatic rings. The fraction of sp³-hybridized carbons (Fsp3) is 0.438. The molecule has 6 nitrogen and oxygen atoms in total. The normalized spacial score (nSPS) is 13.5. The summed E-state index contributed by atoms with van der Waals surface area (Å²) in [6.07, 6.45) is 1.90. The highest BCUT2D eigenvalue weighted by Gasteiger charge is 2.21. The van der Waals surface area contributed by atoms with E-state index in [1.807, 2.05) is 12.1 Å². The molecule has 8 heteroatoms. The molecule has 24 heavy (non-hydrogen) atoms. The topological polar surface area (TPSA) is 77.2 Å². The lowest BCUT2D eigenvalue weighted by Crippen LogP contribution is -2.23. The third-order valence-corrected chi connectivity index (χ3v) is 4.46. The first-order chi connectivity index (χ1) is 11.4. The van der Waals surface area contributed by atoms with Gasteiger partial charge in [-0.15, -0.1) is 5.10 Å². The summed E-state index contributed by atoms with van der Waals surface area (Å²) in [5.74, 6) is -0.609. The van der Waals surface area contributed by atoms with E-state index in [-0.39, 0.29) is 18.5 Å². The molecule has 0 amide bonds. The number of aliphatic hydroxyl groups is 1. The molecule has 0 fully saturated rings. The third-order valence-electron chi connectivity index (χ3n) is 3.60. The minimum atomic E-state index is -0.681. The predicted octanol–water partition coefficient (Wildman–Crippen LogP) is 3.32. The van der Waals surface area contributed by atoms with Crippen molar-refractivity contribution in [3.05, 3.63) is 46.0 Å². The molecule has 0 aliphatic carbocycles. The molecule has 1 heterocycles. The van der Waals surface area contributed by atoms with Crippen molar-refractivity contribution in [2.45, 2.75) is 38.8 Å². The summed E-state index contributed by atoms with van der Waals surface area (Å²) in [6, 6.07) is 5.09. The minimum absolute atomic E-state index is 0.0247. The van der Waals surface area contributed by atoms with Gasteiger partial charge in [-0.05, 0) is 38.3 Å². The smallest absolute Gasteiger partial charge is 0.378 e. The van der Waals surface area contributed by atoms with Gasteiger partial charge in [0.1, 0.15) is 6.33 Å². The Bertz CT molecular complexity index is 704. The maximum atomic E-state index is 11.7. The number of nitrogens with zero attached hydrogens (tertiary/aromatic N) is 3. The van der Waals surface area contributed by atoms with E-state index in [9.17, 15) is 9.90 Å². The number of carbonyl (C=O) groups is 1. The summed E-state index contributed by atoms with van der Waals surface area (Å²) in [7, 11) is 0. The SMILES string of the molecule is CCOC(=O)c1ncn(C(CCc2cccc(Cl)c2Cl)C(C)O)n1. The largest absolute Gasteiger partial charge is 0.460 e.